The molecule has 0 unspecified atom stereocenters. The van der Waals surface area contributed by atoms with E-state index in [-0.39, 0.29) is 12.3 Å². The second-order valence-electron chi connectivity index (χ2n) is 5.14. The van der Waals surface area contributed by atoms with E-state index in [1.165, 1.54) is 25.3 Å². The highest BCUT2D eigenvalue weighted by atomic mass is 19.1. The first kappa shape index (κ1) is 16.5. The van der Waals surface area contributed by atoms with E-state index in [1.807, 2.05) is 30.3 Å². The quantitative estimate of drug-likeness (QED) is 0.740. The lowest BCUT2D eigenvalue weighted by atomic mass is 10.2. The van der Waals surface area contributed by atoms with Crippen molar-refractivity contribution in [3.8, 4) is 17.1 Å². The Balaban J connectivity index is 1.59. The van der Waals surface area contributed by atoms with E-state index in [9.17, 15) is 9.18 Å². The highest BCUT2D eigenvalue weighted by Gasteiger charge is 2.10. The molecule has 1 heterocycles. The van der Waals surface area contributed by atoms with E-state index in [4.69, 9.17) is 9.15 Å². The van der Waals surface area contributed by atoms with Crippen molar-refractivity contribution in [3.05, 3.63) is 66.4 Å². The SMILES string of the molecule is COc1cc(F)ccc1NC(=O)NCc1ncc(-c2ccccc2)o1. The van der Waals surface area contributed by atoms with Crippen molar-refractivity contribution in [2.45, 2.75) is 6.54 Å². The summed E-state index contributed by atoms with van der Waals surface area (Å²) >= 11 is 0. The van der Waals surface area contributed by atoms with E-state index < -0.39 is 11.8 Å². The molecule has 25 heavy (non-hydrogen) atoms. The van der Waals surface area contributed by atoms with Gasteiger partial charge in [-0.2, -0.15) is 0 Å². The van der Waals surface area contributed by atoms with Crippen LogP contribution in [0.5, 0.6) is 5.75 Å². The van der Waals surface area contributed by atoms with Gasteiger partial charge in [0.2, 0.25) is 5.89 Å². The van der Waals surface area contributed by atoms with Gasteiger partial charge in [0.1, 0.15) is 11.6 Å². The molecule has 7 heteroatoms. The smallest absolute Gasteiger partial charge is 0.319 e. The van der Waals surface area contributed by atoms with E-state index in [2.05, 4.69) is 15.6 Å². The molecule has 128 valence electrons. The number of rotatable bonds is 5. The largest absolute Gasteiger partial charge is 0.494 e. The number of urea groups is 1. The van der Waals surface area contributed by atoms with E-state index in [1.54, 1.807) is 6.20 Å². The van der Waals surface area contributed by atoms with Crippen LogP contribution in [0.1, 0.15) is 5.89 Å². The lowest BCUT2D eigenvalue weighted by Crippen LogP contribution is -2.28. The maximum Gasteiger partial charge on any atom is 0.319 e. The molecule has 0 fully saturated rings. The summed E-state index contributed by atoms with van der Waals surface area (Å²) in [6.07, 6.45) is 1.60. The number of methoxy groups -OCH3 is 1. The van der Waals surface area contributed by atoms with Gasteiger partial charge in [0.15, 0.2) is 5.76 Å². The summed E-state index contributed by atoms with van der Waals surface area (Å²) in [4.78, 5) is 16.1. The summed E-state index contributed by atoms with van der Waals surface area (Å²) in [6.45, 7) is 0.113. The highest BCUT2D eigenvalue weighted by Crippen LogP contribution is 2.24. The molecular weight excluding hydrogens is 325 g/mol. The van der Waals surface area contributed by atoms with Gasteiger partial charge in [0.25, 0.3) is 0 Å². The predicted molar refractivity (Wildman–Crippen MR) is 90.7 cm³/mol. The second-order valence-corrected chi connectivity index (χ2v) is 5.14. The van der Waals surface area contributed by atoms with Gasteiger partial charge in [-0.25, -0.2) is 14.2 Å². The predicted octanol–water partition coefficient (Wildman–Crippen LogP) is 3.81. The summed E-state index contributed by atoms with van der Waals surface area (Å²) < 4.78 is 23.8. The van der Waals surface area contributed by atoms with Gasteiger partial charge in [0.05, 0.1) is 25.5 Å². The normalized spacial score (nSPS) is 10.3. The van der Waals surface area contributed by atoms with Crippen molar-refractivity contribution in [1.29, 1.82) is 0 Å². The first-order chi connectivity index (χ1) is 12.2. The lowest BCUT2D eigenvalue weighted by Gasteiger charge is -2.10. The maximum absolute atomic E-state index is 13.2. The van der Waals surface area contributed by atoms with E-state index in [0.717, 1.165) is 5.56 Å². The van der Waals surface area contributed by atoms with Crippen LogP contribution in [0.2, 0.25) is 0 Å². The summed E-state index contributed by atoms with van der Waals surface area (Å²) in [5.74, 6) is 0.784. The number of anilines is 1. The molecule has 0 spiro atoms. The average molecular weight is 341 g/mol. The standard InChI is InChI=1S/C18H16FN3O3/c1-24-15-9-13(19)7-8-14(15)22-18(23)21-11-17-20-10-16(25-17)12-5-3-2-4-6-12/h2-10H,11H2,1H3,(H2,21,22,23). The number of nitrogens with zero attached hydrogens (tertiary/aromatic N) is 1. The fraction of sp³-hybridized carbons (Fsp3) is 0.111. The Bertz CT molecular complexity index is 865. The Morgan fingerprint density at radius 3 is 2.80 bits per heavy atom. The monoisotopic (exact) mass is 341 g/mol. The lowest BCUT2D eigenvalue weighted by molar-refractivity contribution is 0.250. The number of aromatic nitrogens is 1. The Labute approximate surface area is 143 Å². The number of benzene rings is 2. The molecule has 2 amide bonds. The summed E-state index contributed by atoms with van der Waals surface area (Å²) in [5.41, 5.74) is 1.26. The number of nitrogens with one attached hydrogen (secondary N) is 2. The highest BCUT2D eigenvalue weighted by molar-refractivity contribution is 5.90. The Hall–Kier alpha value is -3.35. The molecule has 0 aliphatic carbocycles. The Morgan fingerprint density at radius 2 is 2.04 bits per heavy atom. The molecule has 0 bridgehead atoms. The molecule has 1 aromatic heterocycles. The van der Waals surface area contributed by atoms with Gasteiger partial charge < -0.3 is 19.8 Å². The number of carbonyl (C=O) groups is 1. The molecule has 3 aromatic rings. The minimum absolute atomic E-state index is 0.113. The summed E-state index contributed by atoms with van der Waals surface area (Å²) in [5, 5.41) is 5.21. The minimum atomic E-state index is -0.482. The molecule has 3 rings (SSSR count). The van der Waals surface area contributed by atoms with Crippen molar-refractivity contribution < 1.29 is 18.3 Å². The molecule has 0 aliphatic heterocycles. The Kier molecular flexibility index (Phi) is 4.94. The van der Waals surface area contributed by atoms with Crippen LogP contribution in [0.4, 0.5) is 14.9 Å². The molecule has 0 saturated carbocycles. The zero-order chi connectivity index (χ0) is 17.6. The maximum atomic E-state index is 13.2. The van der Waals surface area contributed by atoms with E-state index >= 15 is 0 Å². The van der Waals surface area contributed by atoms with Crippen LogP contribution >= 0.6 is 0 Å². The van der Waals surface area contributed by atoms with Crippen LogP contribution in [0.15, 0.2) is 59.1 Å². The third-order valence-corrected chi connectivity index (χ3v) is 3.42. The number of hydrogen-bond acceptors (Lipinski definition) is 4. The number of amides is 2. The van der Waals surface area contributed by atoms with Crippen LogP contribution in [-0.2, 0) is 6.54 Å². The second kappa shape index (κ2) is 7.48. The number of halogens is 1. The van der Waals surface area contributed by atoms with Crippen LogP contribution in [0, 0.1) is 5.82 Å². The molecule has 0 saturated heterocycles. The molecular formula is C18H16FN3O3. The molecule has 6 nitrogen and oxygen atoms in total. The van der Waals surface area contributed by atoms with Gasteiger partial charge >= 0.3 is 6.03 Å². The zero-order valence-corrected chi connectivity index (χ0v) is 13.5. The van der Waals surface area contributed by atoms with Crippen molar-refractivity contribution >= 4 is 11.7 Å². The van der Waals surface area contributed by atoms with Crippen LogP contribution < -0.4 is 15.4 Å². The van der Waals surface area contributed by atoms with Gasteiger partial charge in [-0.1, -0.05) is 30.3 Å². The molecule has 0 atom stereocenters. The third-order valence-electron chi connectivity index (χ3n) is 3.42. The van der Waals surface area contributed by atoms with Gasteiger partial charge in [-0.3, -0.25) is 0 Å². The molecule has 2 N–H and O–H groups in total. The van der Waals surface area contributed by atoms with Crippen LogP contribution in [0.25, 0.3) is 11.3 Å². The van der Waals surface area contributed by atoms with Gasteiger partial charge in [-0.05, 0) is 12.1 Å². The summed E-state index contributed by atoms with van der Waals surface area (Å²) in [7, 11) is 1.40. The first-order valence-corrected chi connectivity index (χ1v) is 7.54. The van der Waals surface area contributed by atoms with Crippen molar-refractivity contribution in [2.24, 2.45) is 0 Å². The first-order valence-electron chi connectivity index (χ1n) is 7.54. The summed E-state index contributed by atoms with van der Waals surface area (Å²) in [6, 6.07) is 12.9. The number of oxazole rings is 1. The fourth-order valence-corrected chi connectivity index (χ4v) is 2.22. The number of carbonyl (C=O) groups excluding carboxylic acids is 1. The third kappa shape index (κ3) is 4.14. The van der Waals surface area contributed by atoms with Gasteiger partial charge in [0, 0.05) is 11.6 Å². The number of ether oxygens (including phenoxy) is 1. The molecule has 0 radical (unpaired) electrons. The fourth-order valence-electron chi connectivity index (χ4n) is 2.22. The van der Waals surface area contributed by atoms with Crippen LogP contribution in [0.3, 0.4) is 0 Å². The molecule has 2 aromatic carbocycles. The van der Waals surface area contributed by atoms with Crippen LogP contribution in [-0.4, -0.2) is 18.1 Å². The minimum Gasteiger partial charge on any atom is -0.494 e. The average Bonchev–Trinajstić information content (AvgIpc) is 3.11. The van der Waals surface area contributed by atoms with Crippen molar-refractivity contribution in [3.63, 3.8) is 0 Å². The van der Waals surface area contributed by atoms with E-state index in [0.29, 0.717) is 17.3 Å². The zero-order valence-electron chi connectivity index (χ0n) is 13.5. The molecule has 0 aliphatic rings. The van der Waals surface area contributed by atoms with Crippen molar-refractivity contribution in [2.75, 3.05) is 12.4 Å². The Morgan fingerprint density at radius 1 is 1.24 bits per heavy atom. The van der Waals surface area contributed by atoms with Crippen molar-refractivity contribution in [1.82, 2.24) is 10.3 Å². The van der Waals surface area contributed by atoms with Gasteiger partial charge in [-0.15, -0.1) is 0 Å². The topological polar surface area (TPSA) is 76.4 Å². The number of hydrogen-bond donors (Lipinski definition) is 2.